The third kappa shape index (κ3) is 5.84. The standard InChI is InChI=1S/C26H27N3O5S/c1-5-34-18-11-9-17(10-12-18)21-19(13-27)25(29-24(31)22(21)26(32)33-4)35-14-20(30)28-23-15(2)7-6-8-16(23)3/h6-12,21-22H,5,14H2,1-4H3,(H,28,30)(H,29,31)/t21-,22+/m0/s1. The molecule has 0 saturated heterocycles. The highest BCUT2D eigenvalue weighted by Crippen LogP contribution is 2.40. The first-order valence-corrected chi connectivity index (χ1v) is 12.0. The van der Waals surface area contributed by atoms with E-state index in [4.69, 9.17) is 9.47 Å². The molecule has 1 aliphatic rings. The first kappa shape index (κ1) is 25.8. The SMILES string of the molecule is CCOc1ccc([C@H]2C(C#N)=C(SCC(=O)Nc3c(C)cccc3C)NC(=O)[C@@H]2C(=O)OC)cc1. The molecule has 0 fully saturated rings. The van der Waals surface area contributed by atoms with Gasteiger partial charge in [0.05, 0.1) is 36.1 Å². The van der Waals surface area contributed by atoms with E-state index in [2.05, 4.69) is 16.7 Å². The minimum atomic E-state index is -1.24. The van der Waals surface area contributed by atoms with Gasteiger partial charge in [-0.05, 0) is 49.6 Å². The van der Waals surface area contributed by atoms with Crippen LogP contribution >= 0.6 is 11.8 Å². The summed E-state index contributed by atoms with van der Waals surface area (Å²) in [4.78, 5) is 38.1. The first-order valence-electron chi connectivity index (χ1n) is 11.0. The molecule has 1 heterocycles. The van der Waals surface area contributed by atoms with Gasteiger partial charge in [-0.1, -0.05) is 42.1 Å². The van der Waals surface area contributed by atoms with Crippen LogP contribution in [0.1, 0.15) is 29.5 Å². The second-order valence-corrected chi connectivity index (χ2v) is 8.91. The van der Waals surface area contributed by atoms with Crippen LogP contribution in [0, 0.1) is 31.1 Å². The van der Waals surface area contributed by atoms with Crippen LogP contribution in [0.2, 0.25) is 0 Å². The predicted molar refractivity (Wildman–Crippen MR) is 134 cm³/mol. The summed E-state index contributed by atoms with van der Waals surface area (Å²) in [7, 11) is 1.20. The van der Waals surface area contributed by atoms with Crippen LogP contribution in [0.5, 0.6) is 5.75 Å². The lowest BCUT2D eigenvalue weighted by Crippen LogP contribution is -2.44. The number of benzene rings is 2. The van der Waals surface area contributed by atoms with Crippen molar-refractivity contribution in [1.82, 2.24) is 5.32 Å². The van der Waals surface area contributed by atoms with Crippen LogP contribution in [0.25, 0.3) is 0 Å². The number of aryl methyl sites for hydroxylation is 2. The average molecular weight is 494 g/mol. The van der Waals surface area contributed by atoms with Crippen LogP contribution in [-0.2, 0) is 19.1 Å². The fourth-order valence-electron chi connectivity index (χ4n) is 3.94. The Morgan fingerprint density at radius 3 is 2.37 bits per heavy atom. The number of thioether (sulfide) groups is 1. The fraction of sp³-hybridized carbons (Fsp3) is 0.308. The molecule has 8 nitrogen and oxygen atoms in total. The molecule has 9 heteroatoms. The minimum absolute atomic E-state index is 0.0343. The summed E-state index contributed by atoms with van der Waals surface area (Å²) < 4.78 is 10.3. The van der Waals surface area contributed by atoms with Crippen LogP contribution < -0.4 is 15.4 Å². The Hall–Kier alpha value is -3.77. The number of nitriles is 1. The molecule has 0 aliphatic carbocycles. The van der Waals surface area contributed by atoms with Crippen molar-refractivity contribution in [1.29, 1.82) is 5.26 Å². The molecule has 0 spiro atoms. The molecular formula is C26H27N3O5S. The Morgan fingerprint density at radius 1 is 1.14 bits per heavy atom. The number of methoxy groups -OCH3 is 1. The van der Waals surface area contributed by atoms with Gasteiger partial charge >= 0.3 is 5.97 Å². The molecule has 0 saturated carbocycles. The van der Waals surface area contributed by atoms with E-state index in [0.29, 0.717) is 17.9 Å². The highest BCUT2D eigenvalue weighted by molar-refractivity contribution is 8.03. The number of rotatable bonds is 8. The third-order valence-electron chi connectivity index (χ3n) is 5.63. The number of hydrogen-bond acceptors (Lipinski definition) is 7. The number of nitrogens with zero attached hydrogens (tertiary/aromatic N) is 1. The molecule has 1 aliphatic heterocycles. The number of carbonyl (C=O) groups excluding carboxylic acids is 3. The van der Waals surface area contributed by atoms with E-state index in [1.54, 1.807) is 24.3 Å². The van der Waals surface area contributed by atoms with Crippen molar-refractivity contribution in [3.05, 3.63) is 69.8 Å². The lowest BCUT2D eigenvalue weighted by molar-refractivity contribution is -0.150. The molecule has 3 rings (SSSR count). The topological polar surface area (TPSA) is 118 Å². The van der Waals surface area contributed by atoms with Crippen LogP contribution in [0.4, 0.5) is 5.69 Å². The molecule has 2 aromatic carbocycles. The van der Waals surface area contributed by atoms with Gasteiger partial charge in [-0.25, -0.2) is 0 Å². The first-order chi connectivity index (χ1) is 16.8. The molecule has 2 aromatic rings. The van der Waals surface area contributed by atoms with Gasteiger partial charge < -0.3 is 20.1 Å². The van der Waals surface area contributed by atoms with Gasteiger partial charge in [-0.15, -0.1) is 0 Å². The van der Waals surface area contributed by atoms with Crippen molar-refractivity contribution in [2.24, 2.45) is 5.92 Å². The third-order valence-corrected chi connectivity index (χ3v) is 6.64. The molecular weight excluding hydrogens is 466 g/mol. The van der Waals surface area contributed by atoms with E-state index in [1.807, 2.05) is 39.0 Å². The maximum absolute atomic E-state index is 13.0. The highest BCUT2D eigenvalue weighted by Gasteiger charge is 2.44. The second kappa shape index (κ2) is 11.6. The largest absolute Gasteiger partial charge is 0.494 e. The molecule has 2 amide bonds. The molecule has 0 unspecified atom stereocenters. The zero-order valence-corrected chi connectivity index (χ0v) is 20.8. The molecule has 0 radical (unpaired) electrons. The van der Waals surface area contributed by atoms with Crippen LogP contribution in [0.3, 0.4) is 0 Å². The van der Waals surface area contributed by atoms with E-state index in [-0.39, 0.29) is 22.3 Å². The van der Waals surface area contributed by atoms with E-state index in [9.17, 15) is 19.6 Å². The summed E-state index contributed by atoms with van der Waals surface area (Å²) in [6.07, 6.45) is 0. The number of para-hydroxylation sites is 1. The Balaban J connectivity index is 1.90. The van der Waals surface area contributed by atoms with Crippen LogP contribution in [-0.4, -0.2) is 37.3 Å². The maximum Gasteiger partial charge on any atom is 0.319 e. The number of ether oxygens (including phenoxy) is 2. The summed E-state index contributed by atoms with van der Waals surface area (Å²) >= 11 is 1.04. The quantitative estimate of drug-likeness (QED) is 0.424. The number of esters is 1. The summed E-state index contributed by atoms with van der Waals surface area (Å²) in [5.74, 6) is -3.11. The van der Waals surface area contributed by atoms with Crippen molar-refractivity contribution in [2.75, 3.05) is 24.8 Å². The Labute approximate surface area is 208 Å². The van der Waals surface area contributed by atoms with Crippen molar-refractivity contribution >= 4 is 35.2 Å². The van der Waals surface area contributed by atoms with Gasteiger partial charge in [-0.2, -0.15) is 5.26 Å². The predicted octanol–water partition coefficient (Wildman–Crippen LogP) is 3.81. The Bertz CT molecular complexity index is 1180. The normalized spacial score (nSPS) is 17.3. The Morgan fingerprint density at radius 2 is 1.80 bits per heavy atom. The monoisotopic (exact) mass is 493 g/mol. The molecule has 182 valence electrons. The number of carbonyl (C=O) groups is 3. The van der Waals surface area contributed by atoms with Crippen molar-refractivity contribution < 1.29 is 23.9 Å². The lowest BCUT2D eigenvalue weighted by Gasteiger charge is -2.31. The van der Waals surface area contributed by atoms with E-state index >= 15 is 0 Å². The van der Waals surface area contributed by atoms with Gasteiger partial charge in [0.15, 0.2) is 0 Å². The van der Waals surface area contributed by atoms with Gasteiger partial charge in [0.1, 0.15) is 11.7 Å². The lowest BCUT2D eigenvalue weighted by atomic mass is 9.78. The number of nitrogens with one attached hydrogen (secondary N) is 2. The minimum Gasteiger partial charge on any atom is -0.494 e. The zero-order chi connectivity index (χ0) is 25.5. The molecule has 2 atom stereocenters. The number of allylic oxidation sites excluding steroid dienone is 1. The van der Waals surface area contributed by atoms with Gasteiger partial charge in [0.2, 0.25) is 11.8 Å². The van der Waals surface area contributed by atoms with Crippen LogP contribution in [0.15, 0.2) is 53.1 Å². The fourth-order valence-corrected chi connectivity index (χ4v) is 4.79. The smallest absolute Gasteiger partial charge is 0.319 e. The molecule has 0 bridgehead atoms. The number of anilines is 1. The number of hydrogen-bond donors (Lipinski definition) is 2. The maximum atomic E-state index is 13.0. The summed E-state index contributed by atoms with van der Waals surface area (Å²) in [5, 5.41) is 15.8. The molecule has 35 heavy (non-hydrogen) atoms. The van der Waals surface area contributed by atoms with Crippen molar-refractivity contribution in [2.45, 2.75) is 26.7 Å². The van der Waals surface area contributed by atoms with E-state index < -0.39 is 23.7 Å². The van der Waals surface area contributed by atoms with Crippen molar-refractivity contribution in [3.63, 3.8) is 0 Å². The second-order valence-electron chi connectivity index (χ2n) is 7.93. The average Bonchev–Trinajstić information content (AvgIpc) is 2.85. The summed E-state index contributed by atoms with van der Waals surface area (Å²) in [6, 6.07) is 14.7. The molecule has 2 N–H and O–H groups in total. The van der Waals surface area contributed by atoms with Gasteiger partial charge in [0, 0.05) is 11.6 Å². The zero-order valence-electron chi connectivity index (χ0n) is 20.0. The van der Waals surface area contributed by atoms with Gasteiger partial charge in [-0.3, -0.25) is 14.4 Å². The number of amides is 2. The van der Waals surface area contributed by atoms with Gasteiger partial charge in [0.25, 0.3) is 0 Å². The van der Waals surface area contributed by atoms with E-state index in [1.165, 1.54) is 7.11 Å². The molecule has 0 aromatic heterocycles. The summed E-state index contributed by atoms with van der Waals surface area (Å²) in [5.41, 5.74) is 3.38. The Kier molecular flexibility index (Phi) is 8.55. The highest BCUT2D eigenvalue weighted by atomic mass is 32.2. The van der Waals surface area contributed by atoms with E-state index in [0.717, 1.165) is 28.6 Å². The van der Waals surface area contributed by atoms with Crippen molar-refractivity contribution in [3.8, 4) is 11.8 Å². The summed E-state index contributed by atoms with van der Waals surface area (Å²) in [6.45, 7) is 6.16.